The molecule has 2 atom stereocenters. The van der Waals surface area contributed by atoms with Crippen molar-refractivity contribution in [3.8, 4) is 0 Å². The summed E-state index contributed by atoms with van der Waals surface area (Å²) in [7, 11) is -2.11. The van der Waals surface area contributed by atoms with Crippen LogP contribution in [0.2, 0.25) is 0 Å². The van der Waals surface area contributed by atoms with E-state index >= 15 is 0 Å². The fraction of sp³-hybridized carbons (Fsp3) is 0.611. The van der Waals surface area contributed by atoms with Gasteiger partial charge in [-0.05, 0) is 31.3 Å². The van der Waals surface area contributed by atoms with E-state index in [9.17, 15) is 13.5 Å². The number of nitrogens with zero attached hydrogens (tertiary/aromatic N) is 2. The maximum Gasteiger partial charge on any atom is 0.222 e. The predicted molar refractivity (Wildman–Crippen MR) is 111 cm³/mol. The topological polar surface area (TPSA) is 91.2 Å². The van der Waals surface area contributed by atoms with Gasteiger partial charge < -0.3 is 10.0 Å². The minimum atomic E-state index is -3.66. The van der Waals surface area contributed by atoms with Gasteiger partial charge >= 0.3 is 0 Å². The van der Waals surface area contributed by atoms with Crippen molar-refractivity contribution in [3.63, 3.8) is 0 Å². The van der Waals surface area contributed by atoms with E-state index in [0.717, 1.165) is 5.57 Å². The second kappa shape index (κ2) is 8.85. The Bertz CT molecular complexity index is 815. The summed E-state index contributed by atoms with van der Waals surface area (Å²) in [6.45, 7) is 0.477. The van der Waals surface area contributed by atoms with Crippen LogP contribution in [0.5, 0.6) is 0 Å². The Morgan fingerprint density at radius 3 is 2.64 bits per heavy atom. The molecule has 0 aromatic carbocycles. The number of nitrogens with one attached hydrogen (secondary N) is 1. The molecule has 0 aromatic rings. The summed E-state index contributed by atoms with van der Waals surface area (Å²) in [5.41, 5.74) is 2.58. The number of hydrogen-bond donors (Lipinski definition) is 2. The molecule has 0 radical (unpaired) electrons. The Morgan fingerprint density at radius 2 is 2.04 bits per heavy atom. The van der Waals surface area contributed by atoms with E-state index in [1.165, 1.54) is 4.31 Å². The van der Waals surface area contributed by atoms with Gasteiger partial charge in [0.05, 0.1) is 16.7 Å². The number of halogens is 2. The maximum absolute atomic E-state index is 13.2. The third kappa shape index (κ3) is 4.63. The highest BCUT2D eigenvalue weighted by atomic mass is 35.5. The van der Waals surface area contributed by atoms with Crippen molar-refractivity contribution in [1.29, 1.82) is 0 Å². The normalized spacial score (nSPS) is 30.1. The van der Waals surface area contributed by atoms with Crippen LogP contribution in [0, 0.1) is 0 Å². The third-order valence-corrected chi connectivity index (χ3v) is 8.26. The zero-order valence-electron chi connectivity index (χ0n) is 15.6. The van der Waals surface area contributed by atoms with Crippen molar-refractivity contribution in [1.82, 2.24) is 9.79 Å². The molecule has 10 heteroatoms. The van der Waals surface area contributed by atoms with Crippen LogP contribution >= 0.6 is 23.2 Å². The Morgan fingerprint density at radius 1 is 1.32 bits per heavy atom. The second-order valence-electron chi connectivity index (χ2n) is 7.18. The van der Waals surface area contributed by atoms with Crippen molar-refractivity contribution < 1.29 is 18.5 Å². The lowest BCUT2D eigenvalue weighted by molar-refractivity contribution is 0.0313. The molecular formula is C18H25Cl2N3O4S. The lowest BCUT2D eigenvalue weighted by Gasteiger charge is -2.40. The predicted octanol–water partition coefficient (Wildman–Crippen LogP) is 2.43. The van der Waals surface area contributed by atoms with E-state index in [1.54, 1.807) is 13.1 Å². The summed E-state index contributed by atoms with van der Waals surface area (Å²) >= 11 is 12.1. The quantitative estimate of drug-likeness (QED) is 0.496. The molecule has 0 saturated carbocycles. The molecular weight excluding hydrogens is 425 g/mol. The summed E-state index contributed by atoms with van der Waals surface area (Å²) in [6, 6.07) is 0. The van der Waals surface area contributed by atoms with Gasteiger partial charge in [-0.2, -0.15) is 0 Å². The van der Waals surface area contributed by atoms with E-state index in [2.05, 4.69) is 10.6 Å². The van der Waals surface area contributed by atoms with Gasteiger partial charge in [-0.1, -0.05) is 41.1 Å². The molecule has 1 saturated heterocycles. The molecule has 1 aliphatic heterocycles. The first kappa shape index (κ1) is 21.8. The largest absolute Gasteiger partial charge is 0.385 e. The second-order valence-corrected chi connectivity index (χ2v) is 10.3. The molecule has 3 aliphatic rings. The zero-order valence-corrected chi connectivity index (χ0v) is 18.0. The first-order chi connectivity index (χ1) is 13.3. The number of sulfonamides is 1. The standard InChI is InChI=1S/C18H25Cl2N3O4S/c1-21-27-22-16-12-15(20)6-7-17(16)28(25,26)23-10-8-18(24,9-11-23)13-2-4-14(19)5-3-13/h2-4,6,14,17,21,24H,5,7-12H2,1H3/b22-16+. The van der Waals surface area contributed by atoms with E-state index in [4.69, 9.17) is 28.1 Å². The molecule has 2 aliphatic carbocycles. The summed E-state index contributed by atoms with van der Waals surface area (Å²) < 4.78 is 27.9. The van der Waals surface area contributed by atoms with Crippen molar-refractivity contribution in [2.24, 2.45) is 5.16 Å². The van der Waals surface area contributed by atoms with Gasteiger partial charge in [-0.25, -0.2) is 12.7 Å². The van der Waals surface area contributed by atoms with Gasteiger partial charge in [0.15, 0.2) is 0 Å². The van der Waals surface area contributed by atoms with Gasteiger partial charge in [0.1, 0.15) is 5.25 Å². The summed E-state index contributed by atoms with van der Waals surface area (Å²) in [5.74, 6) is 0. The molecule has 1 heterocycles. The molecule has 0 aromatic heterocycles. The van der Waals surface area contributed by atoms with Gasteiger partial charge in [0, 0.05) is 31.6 Å². The molecule has 28 heavy (non-hydrogen) atoms. The number of hydrogen-bond acceptors (Lipinski definition) is 6. The summed E-state index contributed by atoms with van der Waals surface area (Å²) in [6.07, 6.45) is 9.17. The minimum absolute atomic E-state index is 0.0588. The average molecular weight is 450 g/mol. The van der Waals surface area contributed by atoms with E-state index in [0.29, 0.717) is 30.0 Å². The molecule has 2 unspecified atom stereocenters. The molecule has 3 rings (SSSR count). The van der Waals surface area contributed by atoms with Crippen LogP contribution < -0.4 is 5.48 Å². The Balaban J connectivity index is 1.73. The monoisotopic (exact) mass is 449 g/mol. The average Bonchev–Trinajstić information content (AvgIpc) is 2.67. The molecule has 156 valence electrons. The van der Waals surface area contributed by atoms with Gasteiger partial charge in [-0.3, -0.25) is 0 Å². The first-order valence-electron chi connectivity index (χ1n) is 9.24. The number of piperidine rings is 1. The van der Waals surface area contributed by atoms with Crippen LogP contribution in [0.3, 0.4) is 0 Å². The first-order valence-corrected chi connectivity index (χ1v) is 11.6. The number of aliphatic hydroxyl groups is 1. The fourth-order valence-corrected chi connectivity index (χ4v) is 5.99. The SMILES string of the molecule is CNO/N=C1\CC(Cl)=CCC1S(=O)(=O)N1CCC(O)(C2=CCC(Cl)C=C2)CC1. The van der Waals surface area contributed by atoms with Gasteiger partial charge in [0.25, 0.3) is 0 Å². The minimum Gasteiger partial charge on any atom is -0.385 e. The molecule has 7 nitrogen and oxygen atoms in total. The van der Waals surface area contributed by atoms with Crippen LogP contribution in [0.15, 0.2) is 40.1 Å². The molecule has 0 spiro atoms. The van der Waals surface area contributed by atoms with E-state index < -0.39 is 20.9 Å². The van der Waals surface area contributed by atoms with Crippen molar-refractivity contribution in [2.45, 2.75) is 48.3 Å². The molecule has 0 amide bonds. The van der Waals surface area contributed by atoms with Gasteiger partial charge in [-0.15, -0.1) is 17.1 Å². The van der Waals surface area contributed by atoms with Crippen molar-refractivity contribution >= 4 is 38.9 Å². The number of allylic oxidation sites excluding steroid dienone is 4. The van der Waals surface area contributed by atoms with Crippen molar-refractivity contribution in [2.75, 3.05) is 20.1 Å². The summed E-state index contributed by atoms with van der Waals surface area (Å²) in [5, 5.41) is 14.6. The third-order valence-electron chi connectivity index (χ3n) is 5.38. The Hall–Kier alpha value is -0.900. The van der Waals surface area contributed by atoms with Crippen LogP contribution in [0.1, 0.15) is 32.1 Å². The van der Waals surface area contributed by atoms with E-state index in [-0.39, 0.29) is 31.3 Å². The molecule has 1 fully saturated rings. The van der Waals surface area contributed by atoms with Crippen LogP contribution in [-0.4, -0.2) is 59.9 Å². The smallest absolute Gasteiger partial charge is 0.222 e. The van der Waals surface area contributed by atoms with Gasteiger partial charge in [0.2, 0.25) is 10.0 Å². The van der Waals surface area contributed by atoms with Crippen LogP contribution in [-0.2, 0) is 15.0 Å². The van der Waals surface area contributed by atoms with Crippen LogP contribution in [0.25, 0.3) is 0 Å². The highest BCUT2D eigenvalue weighted by Gasteiger charge is 2.43. The van der Waals surface area contributed by atoms with Crippen LogP contribution in [0.4, 0.5) is 0 Å². The Labute approximate surface area is 175 Å². The number of oxime groups is 1. The highest BCUT2D eigenvalue weighted by Crippen LogP contribution is 2.35. The number of rotatable bonds is 5. The lowest BCUT2D eigenvalue weighted by Crippen LogP contribution is -2.51. The zero-order chi connectivity index (χ0) is 20.4. The Kier molecular flexibility index (Phi) is 6.89. The molecule has 2 N–H and O–H groups in total. The summed E-state index contributed by atoms with van der Waals surface area (Å²) in [4.78, 5) is 4.86. The van der Waals surface area contributed by atoms with E-state index in [1.807, 2.05) is 18.2 Å². The fourth-order valence-electron chi connectivity index (χ4n) is 3.74. The number of alkyl halides is 1. The molecule has 0 bridgehead atoms. The highest BCUT2D eigenvalue weighted by molar-refractivity contribution is 7.90. The number of hydroxylamine groups is 1. The maximum atomic E-state index is 13.2. The van der Waals surface area contributed by atoms with Crippen molar-refractivity contribution in [3.05, 3.63) is 34.9 Å². The lowest BCUT2D eigenvalue weighted by atomic mass is 9.82.